The number of hydrogen-bond acceptors (Lipinski definition) is 5. The van der Waals surface area contributed by atoms with E-state index in [2.05, 4.69) is 41.5 Å². The lowest BCUT2D eigenvalue weighted by Gasteiger charge is -2.06. The molecule has 0 fully saturated rings. The SMILES string of the molecule is Cc1ccc(-c2nnc(SCc3ccc(C(=O)Nc4ccccc4)cc3)o2)cc1C. The fourth-order valence-electron chi connectivity index (χ4n) is 2.88. The van der Waals surface area contributed by atoms with E-state index < -0.39 is 0 Å². The first-order valence-electron chi connectivity index (χ1n) is 9.58. The molecule has 0 aliphatic heterocycles. The van der Waals surface area contributed by atoms with Gasteiger partial charge in [0.2, 0.25) is 5.89 Å². The van der Waals surface area contributed by atoms with Crippen molar-refractivity contribution in [2.45, 2.75) is 24.8 Å². The van der Waals surface area contributed by atoms with Gasteiger partial charge in [0.15, 0.2) is 0 Å². The van der Waals surface area contributed by atoms with Crippen molar-refractivity contribution in [3.63, 3.8) is 0 Å². The van der Waals surface area contributed by atoms with E-state index in [1.54, 1.807) is 0 Å². The highest BCUT2D eigenvalue weighted by Crippen LogP contribution is 2.27. The van der Waals surface area contributed by atoms with Crippen molar-refractivity contribution < 1.29 is 9.21 Å². The number of para-hydroxylation sites is 1. The van der Waals surface area contributed by atoms with E-state index in [1.165, 1.54) is 22.9 Å². The molecule has 4 aromatic rings. The van der Waals surface area contributed by atoms with Gasteiger partial charge in [-0.15, -0.1) is 10.2 Å². The number of nitrogens with one attached hydrogen (secondary N) is 1. The third-order valence-electron chi connectivity index (χ3n) is 4.77. The summed E-state index contributed by atoms with van der Waals surface area (Å²) in [7, 11) is 0. The van der Waals surface area contributed by atoms with Gasteiger partial charge < -0.3 is 9.73 Å². The summed E-state index contributed by atoms with van der Waals surface area (Å²) in [5.41, 5.74) is 5.80. The van der Waals surface area contributed by atoms with Crippen molar-refractivity contribution >= 4 is 23.4 Å². The van der Waals surface area contributed by atoms with Crippen molar-refractivity contribution in [2.75, 3.05) is 5.32 Å². The standard InChI is InChI=1S/C24H21N3O2S/c1-16-8-11-20(14-17(16)2)23-26-27-24(29-23)30-15-18-9-12-19(13-10-18)22(28)25-21-6-4-3-5-7-21/h3-14H,15H2,1-2H3,(H,25,28). The molecule has 0 aliphatic rings. The Morgan fingerprint density at radius 2 is 1.70 bits per heavy atom. The Bertz CT molecular complexity index is 1150. The minimum Gasteiger partial charge on any atom is -0.411 e. The molecule has 4 rings (SSSR count). The zero-order valence-electron chi connectivity index (χ0n) is 16.8. The topological polar surface area (TPSA) is 68.0 Å². The molecule has 5 nitrogen and oxygen atoms in total. The maximum absolute atomic E-state index is 12.3. The molecule has 0 aliphatic carbocycles. The molecule has 0 bridgehead atoms. The number of rotatable bonds is 6. The molecule has 0 radical (unpaired) electrons. The van der Waals surface area contributed by atoms with Gasteiger partial charge >= 0.3 is 0 Å². The normalized spacial score (nSPS) is 10.7. The van der Waals surface area contributed by atoms with Crippen LogP contribution in [0.3, 0.4) is 0 Å². The van der Waals surface area contributed by atoms with Crippen molar-refractivity contribution in [1.82, 2.24) is 10.2 Å². The molecule has 1 heterocycles. The highest BCUT2D eigenvalue weighted by molar-refractivity contribution is 7.98. The number of benzene rings is 3. The second kappa shape index (κ2) is 8.97. The van der Waals surface area contributed by atoms with Crippen LogP contribution in [0.25, 0.3) is 11.5 Å². The minimum atomic E-state index is -0.129. The van der Waals surface area contributed by atoms with Gasteiger partial charge in [-0.3, -0.25) is 4.79 Å². The predicted octanol–water partition coefficient (Wildman–Crippen LogP) is 5.90. The third kappa shape index (κ3) is 4.78. The number of aromatic nitrogens is 2. The van der Waals surface area contributed by atoms with Crippen LogP contribution in [0, 0.1) is 13.8 Å². The van der Waals surface area contributed by atoms with Crippen LogP contribution >= 0.6 is 11.8 Å². The van der Waals surface area contributed by atoms with Gasteiger partial charge in [0.1, 0.15) is 0 Å². The first-order valence-corrected chi connectivity index (χ1v) is 10.6. The second-order valence-electron chi connectivity index (χ2n) is 6.98. The summed E-state index contributed by atoms with van der Waals surface area (Å²) in [5.74, 6) is 1.07. The lowest BCUT2D eigenvalue weighted by atomic mass is 10.1. The zero-order valence-corrected chi connectivity index (χ0v) is 17.6. The van der Waals surface area contributed by atoms with E-state index in [1.807, 2.05) is 60.7 Å². The van der Waals surface area contributed by atoms with Crippen molar-refractivity contribution in [1.29, 1.82) is 0 Å². The van der Waals surface area contributed by atoms with E-state index in [0.29, 0.717) is 22.4 Å². The van der Waals surface area contributed by atoms with Crippen LogP contribution in [0.2, 0.25) is 0 Å². The Balaban J connectivity index is 1.36. The fourth-order valence-corrected chi connectivity index (χ4v) is 3.60. The van der Waals surface area contributed by atoms with Gasteiger partial charge in [-0.2, -0.15) is 0 Å². The lowest BCUT2D eigenvalue weighted by molar-refractivity contribution is 0.102. The maximum atomic E-state index is 12.3. The number of anilines is 1. The molecule has 0 atom stereocenters. The molecule has 3 aromatic carbocycles. The lowest BCUT2D eigenvalue weighted by Crippen LogP contribution is -2.11. The van der Waals surface area contributed by atoms with Gasteiger partial charge in [-0.25, -0.2) is 0 Å². The first-order chi connectivity index (χ1) is 14.6. The largest absolute Gasteiger partial charge is 0.411 e. The minimum absolute atomic E-state index is 0.129. The monoisotopic (exact) mass is 415 g/mol. The molecular formula is C24H21N3O2S. The van der Waals surface area contributed by atoms with Crippen LogP contribution in [-0.2, 0) is 5.75 Å². The Hall–Kier alpha value is -3.38. The van der Waals surface area contributed by atoms with E-state index in [9.17, 15) is 4.79 Å². The fraction of sp³-hybridized carbons (Fsp3) is 0.125. The number of carbonyl (C=O) groups is 1. The number of thioether (sulfide) groups is 1. The maximum Gasteiger partial charge on any atom is 0.277 e. The first kappa shape index (κ1) is 19.9. The van der Waals surface area contributed by atoms with Gasteiger partial charge in [-0.05, 0) is 66.9 Å². The van der Waals surface area contributed by atoms with Crippen LogP contribution < -0.4 is 5.32 Å². The van der Waals surface area contributed by atoms with Crippen LogP contribution in [0.1, 0.15) is 27.0 Å². The smallest absolute Gasteiger partial charge is 0.277 e. The van der Waals surface area contributed by atoms with E-state index in [4.69, 9.17) is 4.42 Å². The number of nitrogens with zero attached hydrogens (tertiary/aromatic N) is 2. The van der Waals surface area contributed by atoms with Crippen molar-refractivity contribution in [2.24, 2.45) is 0 Å². The molecule has 1 N–H and O–H groups in total. The van der Waals surface area contributed by atoms with Crippen molar-refractivity contribution in [3.05, 3.63) is 95.1 Å². The molecule has 0 saturated carbocycles. The Labute approximate surface area is 179 Å². The van der Waals surface area contributed by atoms with Crippen molar-refractivity contribution in [3.8, 4) is 11.5 Å². The Morgan fingerprint density at radius 3 is 2.43 bits per heavy atom. The summed E-state index contributed by atoms with van der Waals surface area (Å²) in [6, 6.07) is 23.0. The summed E-state index contributed by atoms with van der Waals surface area (Å²) >= 11 is 1.47. The van der Waals surface area contributed by atoms with Crippen LogP contribution in [0.5, 0.6) is 0 Å². The number of aryl methyl sites for hydroxylation is 2. The molecule has 0 saturated heterocycles. The number of hydrogen-bond donors (Lipinski definition) is 1. The summed E-state index contributed by atoms with van der Waals surface area (Å²) in [6.07, 6.45) is 0. The number of carbonyl (C=O) groups excluding carboxylic acids is 1. The van der Waals surface area contributed by atoms with E-state index in [-0.39, 0.29) is 5.91 Å². The molecule has 30 heavy (non-hydrogen) atoms. The summed E-state index contributed by atoms with van der Waals surface area (Å²) in [5, 5.41) is 11.7. The molecule has 150 valence electrons. The molecule has 1 amide bonds. The Morgan fingerprint density at radius 1 is 0.933 bits per heavy atom. The summed E-state index contributed by atoms with van der Waals surface area (Å²) < 4.78 is 5.79. The Kier molecular flexibility index (Phi) is 5.95. The number of amides is 1. The van der Waals surface area contributed by atoms with Crippen LogP contribution in [0.15, 0.2) is 82.4 Å². The quantitative estimate of drug-likeness (QED) is 0.397. The van der Waals surface area contributed by atoms with Gasteiger partial charge in [0, 0.05) is 22.6 Å². The second-order valence-corrected chi connectivity index (χ2v) is 7.90. The molecule has 0 unspecified atom stereocenters. The molecule has 0 spiro atoms. The van der Waals surface area contributed by atoms with Gasteiger partial charge in [0.05, 0.1) is 0 Å². The molecule has 1 aromatic heterocycles. The average molecular weight is 416 g/mol. The molecule has 6 heteroatoms. The third-order valence-corrected chi connectivity index (χ3v) is 5.66. The summed E-state index contributed by atoms with van der Waals surface area (Å²) in [4.78, 5) is 12.3. The summed E-state index contributed by atoms with van der Waals surface area (Å²) in [6.45, 7) is 4.14. The van der Waals surface area contributed by atoms with Gasteiger partial charge in [0.25, 0.3) is 11.1 Å². The van der Waals surface area contributed by atoms with E-state index >= 15 is 0 Å². The van der Waals surface area contributed by atoms with Gasteiger partial charge in [-0.1, -0.05) is 48.2 Å². The highest BCUT2D eigenvalue weighted by atomic mass is 32.2. The zero-order chi connectivity index (χ0) is 20.9. The van der Waals surface area contributed by atoms with E-state index in [0.717, 1.165) is 16.8 Å². The van der Waals surface area contributed by atoms with Crippen LogP contribution in [0.4, 0.5) is 5.69 Å². The average Bonchev–Trinajstić information content (AvgIpc) is 3.24. The van der Waals surface area contributed by atoms with Crippen LogP contribution in [-0.4, -0.2) is 16.1 Å². The predicted molar refractivity (Wildman–Crippen MR) is 120 cm³/mol. The highest BCUT2D eigenvalue weighted by Gasteiger charge is 2.11. The molecular weight excluding hydrogens is 394 g/mol.